The number of hydrogen-bond donors (Lipinski definition) is 1. The lowest BCUT2D eigenvalue weighted by Gasteiger charge is -2.17. The Morgan fingerprint density at radius 2 is 2.12 bits per heavy atom. The van der Waals surface area contributed by atoms with Gasteiger partial charge in [0, 0.05) is 12.1 Å². The molecule has 0 bridgehead atoms. The first-order valence-electron chi connectivity index (χ1n) is 5.00. The largest absolute Gasteiger partial charge is 0.308 e. The third-order valence-corrected chi connectivity index (χ3v) is 2.89. The molecule has 0 aliphatic carbocycles. The van der Waals surface area contributed by atoms with E-state index in [2.05, 4.69) is 15.6 Å². The van der Waals surface area contributed by atoms with E-state index in [4.69, 9.17) is 11.6 Å². The molecule has 2 rings (SSSR count). The summed E-state index contributed by atoms with van der Waals surface area (Å²) >= 11 is 6.18. The highest BCUT2D eigenvalue weighted by Crippen LogP contribution is 2.26. The first kappa shape index (κ1) is 11.1. The molecule has 0 amide bonds. The lowest BCUT2D eigenvalue weighted by molar-refractivity contribution is 0.598. The van der Waals surface area contributed by atoms with Crippen LogP contribution in [0.4, 0.5) is 0 Å². The van der Waals surface area contributed by atoms with Gasteiger partial charge in [-0.2, -0.15) is 0 Å². The summed E-state index contributed by atoms with van der Waals surface area (Å²) in [4.78, 5) is 0. The molecular weight excluding hydrogens is 224 g/mol. The Labute approximate surface area is 99.2 Å². The fraction of sp³-hybridized carbons (Fsp3) is 0.273. The maximum Gasteiger partial charge on any atom is 0.0799 e. The Morgan fingerprint density at radius 1 is 1.38 bits per heavy atom. The fourth-order valence-corrected chi connectivity index (χ4v) is 1.98. The van der Waals surface area contributed by atoms with E-state index in [0.29, 0.717) is 0 Å². The van der Waals surface area contributed by atoms with Crippen LogP contribution in [0.1, 0.15) is 17.3 Å². The zero-order valence-corrected chi connectivity index (χ0v) is 9.94. The van der Waals surface area contributed by atoms with Crippen molar-refractivity contribution in [3.8, 4) is 0 Å². The molecule has 84 valence electrons. The quantitative estimate of drug-likeness (QED) is 0.884. The number of aryl methyl sites for hydroxylation is 1. The molecule has 1 heterocycles. The van der Waals surface area contributed by atoms with E-state index in [1.54, 1.807) is 10.9 Å². The molecule has 0 radical (unpaired) electrons. The third-order valence-electron chi connectivity index (χ3n) is 2.55. The van der Waals surface area contributed by atoms with E-state index in [9.17, 15) is 0 Å². The van der Waals surface area contributed by atoms with Crippen LogP contribution in [0.3, 0.4) is 0 Å². The highest BCUT2D eigenvalue weighted by molar-refractivity contribution is 6.31. The van der Waals surface area contributed by atoms with E-state index < -0.39 is 0 Å². The van der Waals surface area contributed by atoms with Crippen LogP contribution in [0.15, 0.2) is 30.5 Å². The van der Waals surface area contributed by atoms with Gasteiger partial charge >= 0.3 is 0 Å². The van der Waals surface area contributed by atoms with Crippen molar-refractivity contribution < 1.29 is 0 Å². The molecular formula is C11H13ClN4. The average molecular weight is 237 g/mol. The molecule has 0 aliphatic rings. The number of halogens is 1. The molecule has 1 N–H and O–H groups in total. The molecule has 0 fully saturated rings. The minimum absolute atomic E-state index is 0.00806. The first-order chi connectivity index (χ1) is 7.74. The molecule has 1 unspecified atom stereocenters. The minimum Gasteiger partial charge on any atom is -0.308 e. The van der Waals surface area contributed by atoms with Crippen LogP contribution in [0.25, 0.3) is 0 Å². The molecule has 5 heteroatoms. The van der Waals surface area contributed by atoms with Gasteiger partial charge in [0.1, 0.15) is 0 Å². The minimum atomic E-state index is 0.00806. The summed E-state index contributed by atoms with van der Waals surface area (Å²) in [5.41, 5.74) is 2.01. The smallest absolute Gasteiger partial charge is 0.0799 e. The van der Waals surface area contributed by atoms with Gasteiger partial charge in [-0.3, -0.25) is 4.68 Å². The second-order valence-corrected chi connectivity index (χ2v) is 3.93. The summed E-state index contributed by atoms with van der Waals surface area (Å²) in [5.74, 6) is 0. The molecule has 0 saturated carbocycles. The van der Waals surface area contributed by atoms with Crippen LogP contribution >= 0.6 is 11.6 Å². The van der Waals surface area contributed by atoms with Crippen molar-refractivity contribution >= 4 is 11.6 Å². The monoisotopic (exact) mass is 236 g/mol. The lowest BCUT2D eigenvalue weighted by atomic mass is 10.0. The highest BCUT2D eigenvalue weighted by atomic mass is 35.5. The molecule has 0 saturated heterocycles. The fourth-order valence-electron chi connectivity index (χ4n) is 1.73. The number of nitrogens with one attached hydrogen (secondary N) is 1. The van der Waals surface area contributed by atoms with Crippen LogP contribution in [0.2, 0.25) is 5.02 Å². The lowest BCUT2D eigenvalue weighted by Crippen LogP contribution is -2.20. The summed E-state index contributed by atoms with van der Waals surface area (Å²) < 4.78 is 1.74. The van der Waals surface area contributed by atoms with Gasteiger partial charge in [-0.1, -0.05) is 35.0 Å². The number of rotatable bonds is 3. The highest BCUT2D eigenvalue weighted by Gasteiger charge is 2.18. The Bertz CT molecular complexity index is 480. The van der Waals surface area contributed by atoms with Crippen LogP contribution in [-0.4, -0.2) is 22.0 Å². The molecule has 16 heavy (non-hydrogen) atoms. The van der Waals surface area contributed by atoms with Gasteiger partial charge in [-0.15, -0.1) is 5.10 Å². The van der Waals surface area contributed by atoms with Gasteiger partial charge in [0.2, 0.25) is 0 Å². The second-order valence-electron chi connectivity index (χ2n) is 3.53. The summed E-state index contributed by atoms with van der Waals surface area (Å²) in [7, 11) is 3.75. The predicted molar refractivity (Wildman–Crippen MR) is 63.4 cm³/mol. The molecule has 1 aromatic heterocycles. The van der Waals surface area contributed by atoms with Gasteiger partial charge in [0.05, 0.1) is 17.9 Å². The molecule has 4 nitrogen and oxygen atoms in total. The van der Waals surface area contributed by atoms with E-state index >= 15 is 0 Å². The van der Waals surface area contributed by atoms with E-state index in [-0.39, 0.29) is 6.04 Å². The second kappa shape index (κ2) is 4.63. The molecule has 0 spiro atoms. The van der Waals surface area contributed by atoms with Crippen LogP contribution in [0, 0.1) is 0 Å². The summed E-state index contributed by atoms with van der Waals surface area (Å²) in [5, 5.41) is 11.8. The maximum absolute atomic E-state index is 6.18. The van der Waals surface area contributed by atoms with Gasteiger partial charge in [0.25, 0.3) is 0 Å². The van der Waals surface area contributed by atoms with Crippen LogP contribution < -0.4 is 5.32 Å². The summed E-state index contributed by atoms with van der Waals surface area (Å²) in [6.07, 6.45) is 1.74. The Morgan fingerprint density at radius 3 is 2.69 bits per heavy atom. The van der Waals surface area contributed by atoms with Crippen molar-refractivity contribution in [3.63, 3.8) is 0 Å². The van der Waals surface area contributed by atoms with E-state index in [1.807, 2.05) is 38.4 Å². The molecule has 1 atom stereocenters. The Balaban J connectivity index is 2.45. The molecule has 0 aliphatic heterocycles. The number of hydrogen-bond acceptors (Lipinski definition) is 3. The topological polar surface area (TPSA) is 42.7 Å². The van der Waals surface area contributed by atoms with Crippen molar-refractivity contribution in [2.24, 2.45) is 7.05 Å². The number of benzene rings is 1. The SMILES string of the molecule is CNC(c1ccccc1Cl)c1cnnn1C. The zero-order chi connectivity index (χ0) is 11.5. The molecule has 2 aromatic rings. The normalized spacial score (nSPS) is 12.7. The van der Waals surface area contributed by atoms with Crippen LogP contribution in [0.5, 0.6) is 0 Å². The van der Waals surface area contributed by atoms with Gasteiger partial charge < -0.3 is 5.32 Å². The Kier molecular flexibility index (Phi) is 3.22. The van der Waals surface area contributed by atoms with Gasteiger partial charge in [-0.25, -0.2) is 0 Å². The van der Waals surface area contributed by atoms with Crippen molar-refractivity contribution in [3.05, 3.63) is 46.7 Å². The average Bonchev–Trinajstić information content (AvgIpc) is 2.69. The van der Waals surface area contributed by atoms with Crippen molar-refractivity contribution in [1.82, 2.24) is 20.3 Å². The number of nitrogens with zero attached hydrogens (tertiary/aromatic N) is 3. The van der Waals surface area contributed by atoms with Gasteiger partial charge in [0.15, 0.2) is 0 Å². The first-order valence-corrected chi connectivity index (χ1v) is 5.38. The maximum atomic E-state index is 6.18. The van der Waals surface area contributed by atoms with Crippen molar-refractivity contribution in [2.75, 3.05) is 7.05 Å². The van der Waals surface area contributed by atoms with E-state index in [0.717, 1.165) is 16.3 Å². The third kappa shape index (κ3) is 1.94. The predicted octanol–water partition coefficient (Wildman–Crippen LogP) is 1.78. The van der Waals surface area contributed by atoms with Crippen molar-refractivity contribution in [2.45, 2.75) is 6.04 Å². The van der Waals surface area contributed by atoms with Crippen LogP contribution in [-0.2, 0) is 7.05 Å². The zero-order valence-electron chi connectivity index (χ0n) is 9.18. The standard InChI is InChI=1S/C11H13ClN4/c1-13-11(10-7-14-15-16(10)2)8-5-3-4-6-9(8)12/h3-7,11,13H,1-2H3. The summed E-state index contributed by atoms with van der Waals surface area (Å²) in [6, 6.07) is 7.77. The van der Waals surface area contributed by atoms with E-state index in [1.165, 1.54) is 0 Å². The molecule has 1 aromatic carbocycles. The summed E-state index contributed by atoms with van der Waals surface area (Å²) in [6.45, 7) is 0. The van der Waals surface area contributed by atoms with Crippen molar-refractivity contribution in [1.29, 1.82) is 0 Å². The Hall–Kier alpha value is -1.39. The number of aromatic nitrogens is 3. The van der Waals surface area contributed by atoms with Gasteiger partial charge in [-0.05, 0) is 18.7 Å².